The van der Waals surface area contributed by atoms with Crippen LogP contribution < -0.4 is 0 Å². The van der Waals surface area contributed by atoms with Crippen molar-refractivity contribution < 1.29 is 0 Å². The van der Waals surface area contributed by atoms with Crippen molar-refractivity contribution in [2.24, 2.45) is 0 Å². The molecule has 21 heavy (non-hydrogen) atoms. The molecule has 2 heterocycles. The maximum Gasteiger partial charge on any atom is 0.137 e. The Bertz CT molecular complexity index is 793. The van der Waals surface area contributed by atoms with Gasteiger partial charge in [-0.2, -0.15) is 5.26 Å². The Kier molecular flexibility index (Phi) is 3.57. The van der Waals surface area contributed by atoms with Crippen molar-refractivity contribution in [2.75, 3.05) is 0 Å². The monoisotopic (exact) mass is 272 g/mol. The molecule has 4 nitrogen and oxygen atoms in total. The zero-order valence-electron chi connectivity index (χ0n) is 11.2. The van der Waals surface area contributed by atoms with Crippen molar-refractivity contribution in [3.63, 3.8) is 0 Å². The Hall–Kier alpha value is -3.19. The van der Waals surface area contributed by atoms with Crippen LogP contribution >= 0.6 is 0 Å². The zero-order valence-corrected chi connectivity index (χ0v) is 11.2. The van der Waals surface area contributed by atoms with E-state index in [2.05, 4.69) is 15.0 Å². The Morgan fingerprint density at radius 3 is 2.52 bits per heavy atom. The van der Waals surface area contributed by atoms with E-state index < -0.39 is 0 Å². The third kappa shape index (κ3) is 3.04. The Morgan fingerprint density at radius 1 is 0.952 bits per heavy atom. The van der Waals surface area contributed by atoms with Gasteiger partial charge in [-0.1, -0.05) is 30.3 Å². The van der Waals surface area contributed by atoms with Crippen molar-refractivity contribution >= 4 is 12.2 Å². The van der Waals surface area contributed by atoms with E-state index in [0.29, 0.717) is 5.56 Å². The first-order valence-corrected chi connectivity index (χ1v) is 6.50. The summed E-state index contributed by atoms with van der Waals surface area (Å²) in [7, 11) is 0. The van der Waals surface area contributed by atoms with Gasteiger partial charge >= 0.3 is 0 Å². The van der Waals surface area contributed by atoms with Gasteiger partial charge in [-0.15, -0.1) is 0 Å². The number of rotatable bonds is 3. The summed E-state index contributed by atoms with van der Waals surface area (Å²) in [6, 6.07) is 15.6. The predicted octanol–water partition coefficient (Wildman–Crippen LogP) is 3.51. The standard InChI is InChI=1S/C17H12N4/c18-10-13-6-7-15(19-11-13)8-9-16-12-20-17(21-16)14-4-2-1-3-5-14/h1-9,11-12H,(H,20,21). The SMILES string of the molecule is N#Cc1ccc(C=Cc2cnc(-c3ccccc3)[nH]2)nc1. The van der Waals surface area contributed by atoms with Crippen molar-refractivity contribution in [2.45, 2.75) is 0 Å². The Labute approximate surface area is 122 Å². The van der Waals surface area contributed by atoms with Crippen LogP contribution in [0, 0.1) is 11.3 Å². The molecule has 1 N–H and O–H groups in total. The molecule has 1 aromatic carbocycles. The molecule has 0 amide bonds. The average molecular weight is 272 g/mol. The molecule has 0 aliphatic rings. The second-order valence-electron chi connectivity index (χ2n) is 4.47. The lowest BCUT2D eigenvalue weighted by Gasteiger charge is -1.94. The van der Waals surface area contributed by atoms with Gasteiger partial charge in [0.25, 0.3) is 0 Å². The van der Waals surface area contributed by atoms with Crippen molar-refractivity contribution in [1.82, 2.24) is 15.0 Å². The van der Waals surface area contributed by atoms with E-state index in [1.54, 1.807) is 18.5 Å². The van der Waals surface area contributed by atoms with Crippen LogP contribution in [-0.2, 0) is 0 Å². The summed E-state index contributed by atoms with van der Waals surface area (Å²) < 4.78 is 0. The fourth-order valence-electron chi connectivity index (χ4n) is 1.91. The third-order valence-electron chi connectivity index (χ3n) is 2.99. The third-order valence-corrected chi connectivity index (χ3v) is 2.99. The van der Waals surface area contributed by atoms with Crippen molar-refractivity contribution in [3.8, 4) is 17.5 Å². The maximum atomic E-state index is 8.73. The predicted molar refractivity (Wildman–Crippen MR) is 81.9 cm³/mol. The highest BCUT2D eigenvalue weighted by atomic mass is 14.9. The number of hydrogen-bond donors (Lipinski definition) is 1. The molecule has 0 atom stereocenters. The van der Waals surface area contributed by atoms with Gasteiger partial charge in [-0.05, 0) is 24.3 Å². The number of pyridine rings is 1. The molecule has 3 rings (SSSR count). The number of aromatic amines is 1. The lowest BCUT2D eigenvalue weighted by molar-refractivity contribution is 1.27. The van der Waals surface area contributed by atoms with Crippen LogP contribution in [0.1, 0.15) is 17.0 Å². The number of aromatic nitrogens is 3. The van der Waals surface area contributed by atoms with Gasteiger partial charge in [-0.3, -0.25) is 4.98 Å². The van der Waals surface area contributed by atoms with E-state index in [1.165, 1.54) is 0 Å². The summed E-state index contributed by atoms with van der Waals surface area (Å²) in [5.41, 5.74) is 3.30. The van der Waals surface area contributed by atoms with E-state index in [4.69, 9.17) is 5.26 Å². The number of hydrogen-bond acceptors (Lipinski definition) is 3. The summed E-state index contributed by atoms with van der Waals surface area (Å²) in [4.78, 5) is 11.8. The van der Waals surface area contributed by atoms with Crippen LogP contribution in [0.5, 0.6) is 0 Å². The molecular weight excluding hydrogens is 260 g/mol. The van der Waals surface area contributed by atoms with E-state index in [-0.39, 0.29) is 0 Å². The summed E-state index contributed by atoms with van der Waals surface area (Å²) in [5, 5.41) is 8.73. The fraction of sp³-hybridized carbons (Fsp3) is 0. The molecule has 0 radical (unpaired) electrons. The van der Waals surface area contributed by atoms with Crippen molar-refractivity contribution in [1.29, 1.82) is 5.26 Å². The van der Waals surface area contributed by atoms with E-state index in [1.807, 2.05) is 54.6 Å². The number of benzene rings is 1. The van der Waals surface area contributed by atoms with Gasteiger partial charge in [0.15, 0.2) is 0 Å². The molecule has 3 aromatic rings. The first kappa shape index (κ1) is 12.8. The van der Waals surface area contributed by atoms with Crippen LogP contribution in [0.25, 0.3) is 23.5 Å². The van der Waals surface area contributed by atoms with Gasteiger partial charge in [0.2, 0.25) is 0 Å². The Morgan fingerprint density at radius 2 is 1.81 bits per heavy atom. The van der Waals surface area contributed by atoms with E-state index in [0.717, 1.165) is 22.8 Å². The highest BCUT2D eigenvalue weighted by Gasteiger charge is 2.00. The lowest BCUT2D eigenvalue weighted by Crippen LogP contribution is -1.82. The second kappa shape index (κ2) is 5.85. The lowest BCUT2D eigenvalue weighted by atomic mass is 10.2. The van der Waals surface area contributed by atoms with Gasteiger partial charge in [0.05, 0.1) is 23.1 Å². The van der Waals surface area contributed by atoms with E-state index >= 15 is 0 Å². The van der Waals surface area contributed by atoms with Gasteiger partial charge in [-0.25, -0.2) is 4.98 Å². The highest BCUT2D eigenvalue weighted by Crippen LogP contribution is 2.15. The average Bonchev–Trinajstić information content (AvgIpc) is 3.03. The first-order chi connectivity index (χ1) is 10.3. The van der Waals surface area contributed by atoms with Crippen LogP contribution in [0.3, 0.4) is 0 Å². The van der Waals surface area contributed by atoms with Gasteiger partial charge in [0.1, 0.15) is 11.9 Å². The fourth-order valence-corrected chi connectivity index (χ4v) is 1.91. The minimum atomic E-state index is 0.556. The number of nitriles is 1. The molecule has 2 aromatic heterocycles. The molecule has 0 fully saturated rings. The summed E-state index contributed by atoms with van der Waals surface area (Å²) in [6.45, 7) is 0. The van der Waals surface area contributed by atoms with Gasteiger partial charge < -0.3 is 4.98 Å². The number of nitrogens with one attached hydrogen (secondary N) is 1. The molecule has 100 valence electrons. The van der Waals surface area contributed by atoms with Crippen LogP contribution in [0.2, 0.25) is 0 Å². The maximum absolute atomic E-state index is 8.73. The topological polar surface area (TPSA) is 65.4 Å². The minimum absolute atomic E-state index is 0.556. The molecule has 0 aliphatic carbocycles. The minimum Gasteiger partial charge on any atom is -0.338 e. The number of nitrogens with zero attached hydrogens (tertiary/aromatic N) is 3. The molecule has 4 heteroatoms. The normalized spacial score (nSPS) is 10.6. The summed E-state index contributed by atoms with van der Waals surface area (Å²) in [5.74, 6) is 0.836. The molecule has 0 bridgehead atoms. The van der Waals surface area contributed by atoms with Crippen molar-refractivity contribution in [3.05, 3.63) is 71.8 Å². The summed E-state index contributed by atoms with van der Waals surface area (Å²) in [6.07, 6.45) is 7.13. The molecular formula is C17H12N4. The molecule has 0 unspecified atom stereocenters. The van der Waals surface area contributed by atoms with Gasteiger partial charge in [0, 0.05) is 11.8 Å². The van der Waals surface area contributed by atoms with E-state index in [9.17, 15) is 0 Å². The Balaban J connectivity index is 1.78. The summed E-state index contributed by atoms with van der Waals surface area (Å²) >= 11 is 0. The first-order valence-electron chi connectivity index (χ1n) is 6.50. The molecule has 0 saturated carbocycles. The highest BCUT2D eigenvalue weighted by molar-refractivity contribution is 5.67. The quantitative estimate of drug-likeness (QED) is 0.793. The number of imidazole rings is 1. The number of H-pyrrole nitrogens is 1. The zero-order chi connectivity index (χ0) is 14.5. The largest absolute Gasteiger partial charge is 0.338 e. The molecule has 0 saturated heterocycles. The second-order valence-corrected chi connectivity index (χ2v) is 4.47. The van der Waals surface area contributed by atoms with Crippen LogP contribution in [0.15, 0.2) is 54.9 Å². The smallest absolute Gasteiger partial charge is 0.137 e. The van der Waals surface area contributed by atoms with Crippen LogP contribution in [-0.4, -0.2) is 15.0 Å². The van der Waals surface area contributed by atoms with Crippen LogP contribution in [0.4, 0.5) is 0 Å². The molecule has 0 aliphatic heterocycles. The molecule has 0 spiro atoms.